The third-order valence-corrected chi connectivity index (χ3v) is 2.77. The van der Waals surface area contributed by atoms with Gasteiger partial charge in [-0.3, -0.25) is 4.57 Å². The van der Waals surface area contributed by atoms with Gasteiger partial charge in [-0.25, -0.2) is 9.97 Å². The summed E-state index contributed by atoms with van der Waals surface area (Å²) in [5.41, 5.74) is 1.10. The molecule has 1 N–H and O–H groups in total. The first-order chi connectivity index (χ1) is 7.83. The zero-order valence-electron chi connectivity index (χ0n) is 9.22. The molecule has 82 valence electrons. The van der Waals surface area contributed by atoms with Gasteiger partial charge in [-0.05, 0) is 31.9 Å². The molecule has 0 amide bonds. The molecule has 2 heterocycles. The molecule has 0 spiro atoms. The van der Waals surface area contributed by atoms with Crippen LogP contribution in [0.25, 0.3) is 5.82 Å². The van der Waals surface area contributed by atoms with E-state index in [4.69, 9.17) is 0 Å². The summed E-state index contributed by atoms with van der Waals surface area (Å²) in [5.74, 6) is 1.87. The summed E-state index contributed by atoms with van der Waals surface area (Å²) >= 11 is 0. The Morgan fingerprint density at radius 3 is 2.75 bits per heavy atom. The Hall–Kier alpha value is -1.84. The zero-order chi connectivity index (χ0) is 11.0. The van der Waals surface area contributed by atoms with Crippen LogP contribution >= 0.6 is 0 Å². The van der Waals surface area contributed by atoms with E-state index in [1.165, 1.54) is 12.8 Å². The van der Waals surface area contributed by atoms with Crippen LogP contribution < -0.4 is 5.32 Å². The number of nitrogens with zero attached hydrogens (tertiary/aromatic N) is 3. The topological polar surface area (TPSA) is 42.7 Å². The van der Waals surface area contributed by atoms with Crippen molar-refractivity contribution in [3.8, 4) is 5.82 Å². The highest BCUT2D eigenvalue weighted by Crippen LogP contribution is 2.24. The molecule has 0 radical (unpaired) electrons. The maximum Gasteiger partial charge on any atom is 0.138 e. The van der Waals surface area contributed by atoms with Crippen molar-refractivity contribution in [3.63, 3.8) is 0 Å². The van der Waals surface area contributed by atoms with Crippen LogP contribution in [0.2, 0.25) is 0 Å². The molecule has 0 saturated heterocycles. The molecule has 3 rings (SSSR count). The number of aromatic nitrogens is 3. The van der Waals surface area contributed by atoms with Gasteiger partial charge >= 0.3 is 0 Å². The SMILES string of the molecule is Cc1nccn1-c1ccc(NC2CC2)cn1. The Morgan fingerprint density at radius 2 is 2.19 bits per heavy atom. The fraction of sp³-hybridized carbons (Fsp3) is 0.333. The van der Waals surface area contributed by atoms with E-state index in [9.17, 15) is 0 Å². The van der Waals surface area contributed by atoms with Gasteiger partial charge < -0.3 is 5.32 Å². The highest BCUT2D eigenvalue weighted by atomic mass is 15.1. The van der Waals surface area contributed by atoms with Crippen LogP contribution in [-0.2, 0) is 0 Å². The molecule has 0 bridgehead atoms. The van der Waals surface area contributed by atoms with Crippen molar-refractivity contribution in [3.05, 3.63) is 36.5 Å². The highest BCUT2D eigenvalue weighted by Gasteiger charge is 2.20. The molecule has 1 fully saturated rings. The van der Waals surface area contributed by atoms with Crippen molar-refractivity contribution >= 4 is 5.69 Å². The van der Waals surface area contributed by atoms with E-state index in [0.717, 1.165) is 17.3 Å². The summed E-state index contributed by atoms with van der Waals surface area (Å²) in [6.07, 6.45) is 8.15. The van der Waals surface area contributed by atoms with E-state index in [1.807, 2.05) is 30.0 Å². The van der Waals surface area contributed by atoms with Crippen LogP contribution in [0.1, 0.15) is 18.7 Å². The molecule has 1 saturated carbocycles. The normalized spacial score (nSPS) is 15.1. The van der Waals surface area contributed by atoms with Gasteiger partial charge in [-0.1, -0.05) is 0 Å². The van der Waals surface area contributed by atoms with Crippen molar-refractivity contribution in [1.29, 1.82) is 0 Å². The van der Waals surface area contributed by atoms with Crippen molar-refractivity contribution in [2.45, 2.75) is 25.8 Å². The summed E-state index contributed by atoms with van der Waals surface area (Å²) < 4.78 is 1.97. The minimum atomic E-state index is 0.669. The zero-order valence-corrected chi connectivity index (χ0v) is 9.22. The lowest BCUT2D eigenvalue weighted by atomic mass is 10.4. The van der Waals surface area contributed by atoms with Gasteiger partial charge in [0.05, 0.1) is 11.9 Å². The minimum absolute atomic E-state index is 0.669. The van der Waals surface area contributed by atoms with Crippen LogP contribution in [0.5, 0.6) is 0 Å². The van der Waals surface area contributed by atoms with Crippen LogP contribution in [0.3, 0.4) is 0 Å². The first kappa shape index (κ1) is 9.39. The molecule has 0 aliphatic heterocycles. The number of hydrogen-bond acceptors (Lipinski definition) is 3. The molecule has 0 aromatic carbocycles. The molecule has 4 heteroatoms. The van der Waals surface area contributed by atoms with E-state index in [0.29, 0.717) is 6.04 Å². The van der Waals surface area contributed by atoms with Gasteiger partial charge in [0.15, 0.2) is 0 Å². The van der Waals surface area contributed by atoms with Gasteiger partial charge in [0.25, 0.3) is 0 Å². The number of nitrogens with one attached hydrogen (secondary N) is 1. The quantitative estimate of drug-likeness (QED) is 0.851. The lowest BCUT2D eigenvalue weighted by molar-refractivity contribution is 0.932. The number of anilines is 1. The predicted octanol–water partition coefficient (Wildman–Crippen LogP) is 2.15. The number of imidazole rings is 1. The molecule has 16 heavy (non-hydrogen) atoms. The largest absolute Gasteiger partial charge is 0.381 e. The summed E-state index contributed by atoms with van der Waals surface area (Å²) in [5, 5.41) is 3.42. The third-order valence-electron chi connectivity index (χ3n) is 2.77. The van der Waals surface area contributed by atoms with Crippen molar-refractivity contribution < 1.29 is 0 Å². The first-order valence-corrected chi connectivity index (χ1v) is 5.56. The van der Waals surface area contributed by atoms with Gasteiger partial charge in [-0.15, -0.1) is 0 Å². The Morgan fingerprint density at radius 1 is 1.31 bits per heavy atom. The fourth-order valence-corrected chi connectivity index (χ4v) is 1.70. The lowest BCUT2D eigenvalue weighted by Gasteiger charge is -2.06. The number of pyridine rings is 1. The smallest absolute Gasteiger partial charge is 0.138 e. The minimum Gasteiger partial charge on any atom is -0.381 e. The second kappa shape index (κ2) is 3.63. The molecular weight excluding hydrogens is 200 g/mol. The van der Waals surface area contributed by atoms with Gasteiger partial charge in [0.2, 0.25) is 0 Å². The van der Waals surface area contributed by atoms with E-state index in [1.54, 1.807) is 6.20 Å². The number of rotatable bonds is 3. The van der Waals surface area contributed by atoms with E-state index in [2.05, 4.69) is 21.4 Å². The molecule has 0 atom stereocenters. The van der Waals surface area contributed by atoms with Crippen molar-refractivity contribution in [2.24, 2.45) is 0 Å². The van der Waals surface area contributed by atoms with Crippen molar-refractivity contribution in [1.82, 2.24) is 14.5 Å². The van der Waals surface area contributed by atoms with Crippen LogP contribution in [0, 0.1) is 6.92 Å². The first-order valence-electron chi connectivity index (χ1n) is 5.56. The summed E-state index contributed by atoms with van der Waals surface area (Å²) in [7, 11) is 0. The third kappa shape index (κ3) is 1.78. The average molecular weight is 214 g/mol. The highest BCUT2D eigenvalue weighted by molar-refractivity contribution is 5.45. The second-order valence-electron chi connectivity index (χ2n) is 4.17. The molecular formula is C12H14N4. The summed E-state index contributed by atoms with van der Waals surface area (Å²) in [6, 6.07) is 4.75. The van der Waals surface area contributed by atoms with E-state index >= 15 is 0 Å². The van der Waals surface area contributed by atoms with Crippen LogP contribution in [0.4, 0.5) is 5.69 Å². The molecule has 0 unspecified atom stereocenters. The molecule has 4 nitrogen and oxygen atoms in total. The maximum absolute atomic E-state index is 4.42. The number of hydrogen-bond donors (Lipinski definition) is 1. The Kier molecular flexibility index (Phi) is 2.13. The Labute approximate surface area is 94.4 Å². The number of aryl methyl sites for hydroxylation is 1. The van der Waals surface area contributed by atoms with Gasteiger partial charge in [-0.2, -0.15) is 0 Å². The van der Waals surface area contributed by atoms with Crippen LogP contribution in [0.15, 0.2) is 30.7 Å². The molecule has 1 aliphatic carbocycles. The molecule has 2 aromatic heterocycles. The molecule has 2 aromatic rings. The van der Waals surface area contributed by atoms with Crippen LogP contribution in [-0.4, -0.2) is 20.6 Å². The standard InChI is InChI=1S/C12H14N4/c1-9-13-6-7-16(9)12-5-4-11(8-14-12)15-10-2-3-10/h4-8,10,15H,2-3H2,1H3. The average Bonchev–Trinajstić information content (AvgIpc) is 3.00. The second-order valence-corrected chi connectivity index (χ2v) is 4.17. The van der Waals surface area contributed by atoms with E-state index in [-0.39, 0.29) is 0 Å². The lowest BCUT2D eigenvalue weighted by Crippen LogP contribution is -2.03. The summed E-state index contributed by atoms with van der Waals surface area (Å²) in [4.78, 5) is 8.60. The predicted molar refractivity (Wildman–Crippen MR) is 62.7 cm³/mol. The summed E-state index contributed by atoms with van der Waals surface area (Å²) in [6.45, 7) is 1.97. The Balaban J connectivity index is 1.83. The van der Waals surface area contributed by atoms with Gasteiger partial charge in [0, 0.05) is 18.4 Å². The fourth-order valence-electron chi connectivity index (χ4n) is 1.70. The Bertz CT molecular complexity index is 482. The van der Waals surface area contributed by atoms with E-state index < -0.39 is 0 Å². The monoisotopic (exact) mass is 214 g/mol. The maximum atomic E-state index is 4.42. The van der Waals surface area contributed by atoms with Crippen molar-refractivity contribution in [2.75, 3.05) is 5.32 Å². The van der Waals surface area contributed by atoms with Gasteiger partial charge in [0.1, 0.15) is 11.6 Å². The molecule has 1 aliphatic rings.